The SMILES string of the molecule is CCN(Cc1ccco1)c1ccc(C(C)O)cc1Br. The fraction of sp³-hybridized carbons (Fsp3) is 0.333. The molecule has 0 amide bonds. The van der Waals surface area contributed by atoms with Gasteiger partial charge in [0.25, 0.3) is 0 Å². The fourth-order valence-corrected chi connectivity index (χ4v) is 2.64. The van der Waals surface area contributed by atoms with E-state index in [2.05, 4.69) is 27.8 Å². The molecule has 1 heterocycles. The number of halogens is 1. The molecule has 0 bridgehead atoms. The van der Waals surface area contributed by atoms with Gasteiger partial charge in [-0.25, -0.2) is 0 Å². The average molecular weight is 324 g/mol. The summed E-state index contributed by atoms with van der Waals surface area (Å²) >= 11 is 3.58. The molecule has 1 aromatic carbocycles. The molecule has 4 heteroatoms. The third-order valence-corrected chi connectivity index (χ3v) is 3.74. The van der Waals surface area contributed by atoms with Crippen LogP contribution in [0.15, 0.2) is 45.5 Å². The van der Waals surface area contributed by atoms with Crippen molar-refractivity contribution in [2.24, 2.45) is 0 Å². The van der Waals surface area contributed by atoms with E-state index in [9.17, 15) is 5.11 Å². The van der Waals surface area contributed by atoms with Crippen LogP contribution in [0.5, 0.6) is 0 Å². The molecular weight excluding hydrogens is 306 g/mol. The molecule has 1 aromatic heterocycles. The van der Waals surface area contributed by atoms with E-state index in [-0.39, 0.29) is 0 Å². The minimum absolute atomic E-state index is 0.453. The lowest BCUT2D eigenvalue weighted by molar-refractivity contribution is 0.199. The quantitative estimate of drug-likeness (QED) is 0.899. The van der Waals surface area contributed by atoms with Crippen LogP contribution in [0.25, 0.3) is 0 Å². The van der Waals surface area contributed by atoms with Crippen LogP contribution in [0, 0.1) is 0 Å². The van der Waals surface area contributed by atoms with Crippen molar-refractivity contribution in [3.8, 4) is 0 Å². The van der Waals surface area contributed by atoms with Crippen LogP contribution < -0.4 is 4.90 Å². The molecule has 0 aliphatic carbocycles. The van der Waals surface area contributed by atoms with Crippen molar-refractivity contribution in [2.75, 3.05) is 11.4 Å². The van der Waals surface area contributed by atoms with E-state index in [0.29, 0.717) is 0 Å². The number of benzene rings is 1. The van der Waals surface area contributed by atoms with Crippen LogP contribution >= 0.6 is 15.9 Å². The van der Waals surface area contributed by atoms with Gasteiger partial charge in [0, 0.05) is 11.0 Å². The van der Waals surface area contributed by atoms with Crippen LogP contribution in [0.2, 0.25) is 0 Å². The van der Waals surface area contributed by atoms with E-state index in [1.165, 1.54) is 0 Å². The predicted octanol–water partition coefficient (Wildman–Crippen LogP) is 4.12. The van der Waals surface area contributed by atoms with E-state index >= 15 is 0 Å². The topological polar surface area (TPSA) is 36.6 Å². The van der Waals surface area contributed by atoms with Gasteiger partial charge in [0.15, 0.2) is 0 Å². The second kappa shape index (κ2) is 6.26. The van der Waals surface area contributed by atoms with Crippen molar-refractivity contribution in [1.82, 2.24) is 0 Å². The summed E-state index contributed by atoms with van der Waals surface area (Å²) < 4.78 is 6.38. The van der Waals surface area contributed by atoms with Crippen LogP contribution in [-0.2, 0) is 6.54 Å². The van der Waals surface area contributed by atoms with Crippen molar-refractivity contribution in [2.45, 2.75) is 26.5 Å². The highest BCUT2D eigenvalue weighted by Gasteiger charge is 2.12. The van der Waals surface area contributed by atoms with Crippen molar-refractivity contribution in [3.63, 3.8) is 0 Å². The van der Waals surface area contributed by atoms with Crippen LogP contribution in [0.1, 0.15) is 31.3 Å². The Morgan fingerprint density at radius 2 is 2.16 bits per heavy atom. The lowest BCUT2D eigenvalue weighted by Crippen LogP contribution is -2.22. The van der Waals surface area contributed by atoms with Gasteiger partial charge in [0.2, 0.25) is 0 Å². The van der Waals surface area contributed by atoms with Crippen molar-refractivity contribution < 1.29 is 9.52 Å². The molecule has 1 unspecified atom stereocenters. The predicted molar refractivity (Wildman–Crippen MR) is 80.2 cm³/mol. The number of furan rings is 1. The summed E-state index contributed by atoms with van der Waals surface area (Å²) in [4.78, 5) is 2.22. The Labute approximate surface area is 122 Å². The molecule has 3 nitrogen and oxygen atoms in total. The lowest BCUT2D eigenvalue weighted by atomic mass is 10.1. The molecule has 0 spiro atoms. The summed E-state index contributed by atoms with van der Waals surface area (Å²) in [7, 11) is 0. The van der Waals surface area contributed by atoms with Gasteiger partial charge in [-0.15, -0.1) is 0 Å². The molecule has 2 aromatic rings. The summed E-state index contributed by atoms with van der Waals surface area (Å²) in [5, 5.41) is 9.59. The Balaban J connectivity index is 2.23. The van der Waals surface area contributed by atoms with Crippen molar-refractivity contribution in [1.29, 1.82) is 0 Å². The number of hydrogen-bond acceptors (Lipinski definition) is 3. The monoisotopic (exact) mass is 323 g/mol. The Hall–Kier alpha value is -1.26. The summed E-state index contributed by atoms with van der Waals surface area (Å²) in [6, 6.07) is 9.81. The van der Waals surface area contributed by atoms with Gasteiger partial charge in [0.05, 0.1) is 24.6 Å². The normalized spacial score (nSPS) is 12.4. The number of anilines is 1. The first-order chi connectivity index (χ1) is 9.11. The summed E-state index contributed by atoms with van der Waals surface area (Å²) in [6.07, 6.45) is 1.24. The molecule has 19 heavy (non-hydrogen) atoms. The highest BCUT2D eigenvalue weighted by Crippen LogP contribution is 2.30. The molecule has 1 N–H and O–H groups in total. The summed E-state index contributed by atoms with van der Waals surface area (Å²) in [5.74, 6) is 0.938. The van der Waals surface area contributed by atoms with Crippen LogP contribution in [0.3, 0.4) is 0 Å². The smallest absolute Gasteiger partial charge is 0.123 e. The van der Waals surface area contributed by atoms with E-state index in [0.717, 1.165) is 34.6 Å². The molecule has 0 aliphatic rings. The third kappa shape index (κ3) is 3.39. The molecule has 2 rings (SSSR count). The van der Waals surface area contributed by atoms with Gasteiger partial charge in [-0.1, -0.05) is 6.07 Å². The number of nitrogens with zero attached hydrogens (tertiary/aromatic N) is 1. The Morgan fingerprint density at radius 1 is 1.37 bits per heavy atom. The standard InChI is InChI=1S/C15H18BrNO2/c1-3-17(10-13-5-4-8-19-13)15-7-6-12(11(2)18)9-14(15)16/h4-9,11,18H,3,10H2,1-2H3. The largest absolute Gasteiger partial charge is 0.467 e. The molecule has 0 aliphatic heterocycles. The molecule has 0 saturated heterocycles. The first-order valence-electron chi connectivity index (χ1n) is 6.36. The van der Waals surface area contributed by atoms with Gasteiger partial charge < -0.3 is 14.4 Å². The average Bonchev–Trinajstić information content (AvgIpc) is 2.89. The van der Waals surface area contributed by atoms with Gasteiger partial charge >= 0.3 is 0 Å². The van der Waals surface area contributed by atoms with Gasteiger partial charge in [-0.05, 0) is 59.6 Å². The van der Waals surface area contributed by atoms with E-state index < -0.39 is 6.10 Å². The molecule has 0 fully saturated rings. The highest BCUT2D eigenvalue weighted by atomic mass is 79.9. The first-order valence-corrected chi connectivity index (χ1v) is 7.16. The Bertz CT molecular complexity index is 523. The zero-order valence-electron chi connectivity index (χ0n) is 11.1. The minimum Gasteiger partial charge on any atom is -0.467 e. The molecule has 0 radical (unpaired) electrons. The molecule has 102 valence electrons. The molecule has 0 saturated carbocycles. The first kappa shape index (κ1) is 14.2. The second-order valence-corrected chi connectivity index (χ2v) is 5.33. The Kier molecular flexibility index (Phi) is 4.66. The fourth-order valence-electron chi connectivity index (χ4n) is 2.00. The third-order valence-electron chi connectivity index (χ3n) is 3.10. The molecule has 1 atom stereocenters. The zero-order valence-corrected chi connectivity index (χ0v) is 12.7. The number of hydrogen-bond donors (Lipinski definition) is 1. The molecular formula is C15H18BrNO2. The number of rotatable bonds is 5. The number of aliphatic hydroxyl groups is 1. The van der Waals surface area contributed by atoms with Crippen LogP contribution in [0.4, 0.5) is 5.69 Å². The lowest BCUT2D eigenvalue weighted by Gasteiger charge is -2.24. The Morgan fingerprint density at radius 3 is 2.68 bits per heavy atom. The summed E-state index contributed by atoms with van der Waals surface area (Å²) in [5.41, 5.74) is 2.01. The minimum atomic E-state index is -0.453. The van der Waals surface area contributed by atoms with E-state index in [4.69, 9.17) is 4.42 Å². The van der Waals surface area contributed by atoms with Crippen molar-refractivity contribution >= 4 is 21.6 Å². The maximum atomic E-state index is 9.59. The number of aliphatic hydroxyl groups excluding tert-OH is 1. The van der Waals surface area contributed by atoms with E-state index in [1.54, 1.807) is 13.2 Å². The highest BCUT2D eigenvalue weighted by molar-refractivity contribution is 9.10. The maximum Gasteiger partial charge on any atom is 0.123 e. The zero-order chi connectivity index (χ0) is 13.8. The van der Waals surface area contributed by atoms with E-state index in [1.807, 2.05) is 30.3 Å². The van der Waals surface area contributed by atoms with Gasteiger partial charge in [-0.3, -0.25) is 0 Å². The van der Waals surface area contributed by atoms with Gasteiger partial charge in [0.1, 0.15) is 5.76 Å². The summed E-state index contributed by atoms with van der Waals surface area (Å²) in [6.45, 7) is 5.49. The van der Waals surface area contributed by atoms with Crippen LogP contribution in [-0.4, -0.2) is 11.7 Å². The van der Waals surface area contributed by atoms with Crippen molar-refractivity contribution in [3.05, 3.63) is 52.4 Å². The second-order valence-electron chi connectivity index (χ2n) is 4.48. The van der Waals surface area contributed by atoms with Gasteiger partial charge in [-0.2, -0.15) is 0 Å². The maximum absolute atomic E-state index is 9.59.